The van der Waals surface area contributed by atoms with Crippen molar-refractivity contribution >= 4 is 23.0 Å². The van der Waals surface area contributed by atoms with Crippen LogP contribution in [0.2, 0.25) is 0 Å². The molecule has 6 aromatic rings. The number of halogens is 1. The Labute approximate surface area is 242 Å². The Morgan fingerprint density at radius 3 is 2.43 bits per heavy atom. The van der Waals surface area contributed by atoms with E-state index < -0.39 is 5.91 Å². The van der Waals surface area contributed by atoms with Crippen LogP contribution in [0.3, 0.4) is 0 Å². The average Bonchev–Trinajstić information content (AvgIpc) is 3.71. The molecule has 0 saturated heterocycles. The molecular weight excluding hydrogens is 531 g/mol. The van der Waals surface area contributed by atoms with Crippen LogP contribution in [0.25, 0.3) is 16.6 Å². The van der Waals surface area contributed by atoms with Crippen LogP contribution in [0.15, 0.2) is 113 Å². The molecular formula is C34H29FN4O3. The van der Waals surface area contributed by atoms with E-state index in [0.29, 0.717) is 18.1 Å². The van der Waals surface area contributed by atoms with E-state index in [2.05, 4.69) is 45.6 Å². The fourth-order valence-corrected chi connectivity index (χ4v) is 5.01. The summed E-state index contributed by atoms with van der Waals surface area (Å²) >= 11 is 0. The van der Waals surface area contributed by atoms with Crippen molar-refractivity contribution in [1.82, 2.24) is 14.6 Å². The third kappa shape index (κ3) is 5.74. The highest BCUT2D eigenvalue weighted by molar-refractivity contribution is 6.00. The van der Waals surface area contributed by atoms with Crippen molar-refractivity contribution in [2.24, 2.45) is 5.10 Å². The Kier molecular flexibility index (Phi) is 7.43. The molecule has 0 aliphatic rings. The summed E-state index contributed by atoms with van der Waals surface area (Å²) in [6, 6.07) is 29.7. The van der Waals surface area contributed by atoms with Gasteiger partial charge in [-0.2, -0.15) is 5.10 Å². The number of nitrogens with zero attached hydrogens (tertiary/aromatic N) is 3. The van der Waals surface area contributed by atoms with E-state index in [9.17, 15) is 9.18 Å². The molecule has 42 heavy (non-hydrogen) atoms. The predicted octanol–water partition coefficient (Wildman–Crippen LogP) is 7.17. The van der Waals surface area contributed by atoms with Crippen LogP contribution in [-0.4, -0.2) is 21.3 Å². The minimum absolute atomic E-state index is 0.137. The second kappa shape index (κ2) is 11.6. The van der Waals surface area contributed by atoms with Gasteiger partial charge in [0.25, 0.3) is 0 Å². The molecule has 0 fully saturated rings. The van der Waals surface area contributed by atoms with Gasteiger partial charge in [0.15, 0.2) is 5.76 Å². The first-order valence-electron chi connectivity index (χ1n) is 13.6. The van der Waals surface area contributed by atoms with E-state index in [4.69, 9.17) is 9.15 Å². The first-order valence-corrected chi connectivity index (χ1v) is 13.6. The van der Waals surface area contributed by atoms with Gasteiger partial charge in [-0.05, 0) is 86.1 Å². The van der Waals surface area contributed by atoms with Crippen molar-refractivity contribution in [3.63, 3.8) is 0 Å². The molecule has 1 amide bonds. The van der Waals surface area contributed by atoms with E-state index in [1.54, 1.807) is 30.5 Å². The smallest absolute Gasteiger partial charge is 0.307 e. The Hall–Kier alpha value is -5.37. The number of fused-ring (bicyclic) bond motifs is 1. The van der Waals surface area contributed by atoms with Crippen LogP contribution in [0, 0.1) is 19.7 Å². The van der Waals surface area contributed by atoms with E-state index in [1.165, 1.54) is 23.5 Å². The Bertz CT molecular complexity index is 1860. The first kappa shape index (κ1) is 26.8. The van der Waals surface area contributed by atoms with Crippen LogP contribution < -0.4 is 10.2 Å². The zero-order valence-corrected chi connectivity index (χ0v) is 23.3. The molecule has 3 aromatic carbocycles. The minimum Gasteiger partial charge on any atom is -0.486 e. The third-order valence-electron chi connectivity index (χ3n) is 7.09. The number of benzene rings is 3. The quantitative estimate of drug-likeness (QED) is 0.150. The zero-order chi connectivity index (χ0) is 29.1. The van der Waals surface area contributed by atoms with Crippen molar-refractivity contribution < 1.29 is 18.3 Å². The fraction of sp³-hybridized carbons (Fsp3) is 0.118. The van der Waals surface area contributed by atoms with Gasteiger partial charge in [0, 0.05) is 46.3 Å². The minimum atomic E-state index is -0.464. The molecule has 0 spiro atoms. The maximum Gasteiger partial charge on any atom is 0.307 e. The summed E-state index contributed by atoms with van der Waals surface area (Å²) in [4.78, 5) is 12.7. The third-order valence-corrected chi connectivity index (χ3v) is 7.09. The Morgan fingerprint density at radius 1 is 0.929 bits per heavy atom. The van der Waals surface area contributed by atoms with Crippen molar-refractivity contribution in [2.75, 3.05) is 0 Å². The molecule has 0 aliphatic heterocycles. The Balaban J connectivity index is 1.07. The molecule has 3 heterocycles. The standard InChI is InChI=1S/C34H29FN4O3/c1-23-7-8-24(2)39(23)28-13-15-29(16-14-28)41-22-30-17-18-33(42-30)34(40)37-36-19-26-21-38(32-6-4-3-5-31(26)32)20-25-9-11-27(35)12-10-25/h3-19,21H,20,22H2,1-2H3,(H,37,40)/b36-19+. The van der Waals surface area contributed by atoms with Gasteiger partial charge in [-0.25, -0.2) is 9.82 Å². The number of rotatable bonds is 9. The summed E-state index contributed by atoms with van der Waals surface area (Å²) in [5, 5.41) is 5.15. The molecule has 0 radical (unpaired) electrons. The van der Waals surface area contributed by atoms with Crippen LogP contribution >= 0.6 is 0 Å². The molecule has 210 valence electrons. The summed E-state index contributed by atoms with van der Waals surface area (Å²) < 4.78 is 29.1. The second-order valence-electron chi connectivity index (χ2n) is 10.1. The summed E-state index contributed by atoms with van der Waals surface area (Å²) in [5.74, 6) is 0.633. The molecule has 8 heteroatoms. The van der Waals surface area contributed by atoms with Crippen molar-refractivity contribution in [2.45, 2.75) is 27.0 Å². The fourth-order valence-electron chi connectivity index (χ4n) is 5.01. The van der Waals surface area contributed by atoms with E-state index in [-0.39, 0.29) is 18.2 Å². The Morgan fingerprint density at radius 2 is 1.67 bits per heavy atom. The highest BCUT2D eigenvalue weighted by Crippen LogP contribution is 2.23. The number of aryl methyl sites for hydroxylation is 2. The normalized spacial score (nSPS) is 11.4. The number of ether oxygens (including phenoxy) is 1. The van der Waals surface area contributed by atoms with Gasteiger partial charge in [-0.3, -0.25) is 4.79 Å². The predicted molar refractivity (Wildman–Crippen MR) is 161 cm³/mol. The summed E-state index contributed by atoms with van der Waals surface area (Å²) in [7, 11) is 0. The van der Waals surface area contributed by atoms with Crippen molar-refractivity contribution in [3.8, 4) is 11.4 Å². The van der Waals surface area contributed by atoms with Gasteiger partial charge >= 0.3 is 5.91 Å². The topological polar surface area (TPSA) is 73.7 Å². The molecule has 0 aliphatic carbocycles. The van der Waals surface area contributed by atoms with Gasteiger partial charge in [0.1, 0.15) is 23.9 Å². The van der Waals surface area contributed by atoms with E-state index in [0.717, 1.165) is 27.7 Å². The molecule has 3 aromatic heterocycles. The van der Waals surface area contributed by atoms with Gasteiger partial charge < -0.3 is 18.3 Å². The monoisotopic (exact) mass is 560 g/mol. The van der Waals surface area contributed by atoms with Gasteiger partial charge in [0.2, 0.25) is 0 Å². The van der Waals surface area contributed by atoms with Crippen molar-refractivity contribution in [3.05, 3.63) is 143 Å². The average molecular weight is 561 g/mol. The zero-order valence-electron chi connectivity index (χ0n) is 23.3. The van der Waals surface area contributed by atoms with Crippen molar-refractivity contribution in [1.29, 1.82) is 0 Å². The largest absolute Gasteiger partial charge is 0.486 e. The lowest BCUT2D eigenvalue weighted by molar-refractivity contribution is 0.0923. The van der Waals surface area contributed by atoms with Crippen LogP contribution in [0.4, 0.5) is 4.39 Å². The van der Waals surface area contributed by atoms with Gasteiger partial charge in [-0.15, -0.1) is 0 Å². The second-order valence-corrected chi connectivity index (χ2v) is 10.1. The lowest BCUT2D eigenvalue weighted by Crippen LogP contribution is -2.16. The van der Waals surface area contributed by atoms with E-state index in [1.807, 2.05) is 54.7 Å². The molecule has 0 atom stereocenters. The highest BCUT2D eigenvalue weighted by Gasteiger charge is 2.12. The highest BCUT2D eigenvalue weighted by atomic mass is 19.1. The maximum absolute atomic E-state index is 13.3. The number of nitrogens with one attached hydrogen (secondary N) is 1. The maximum atomic E-state index is 13.3. The summed E-state index contributed by atoms with van der Waals surface area (Å²) in [6.45, 7) is 4.91. The molecule has 6 rings (SSSR count). The number of carbonyl (C=O) groups is 1. The molecule has 7 nitrogen and oxygen atoms in total. The van der Waals surface area contributed by atoms with Crippen LogP contribution in [0.1, 0.15) is 38.8 Å². The van der Waals surface area contributed by atoms with E-state index >= 15 is 0 Å². The summed E-state index contributed by atoms with van der Waals surface area (Å²) in [5.41, 5.74) is 8.77. The molecule has 0 unspecified atom stereocenters. The lowest BCUT2D eigenvalue weighted by atomic mass is 10.2. The molecule has 1 N–H and O–H groups in total. The van der Waals surface area contributed by atoms with Gasteiger partial charge in [-0.1, -0.05) is 30.3 Å². The summed E-state index contributed by atoms with van der Waals surface area (Å²) in [6.07, 6.45) is 3.56. The number of carbonyl (C=O) groups excluding carboxylic acids is 1. The number of furan rings is 1. The number of hydrazone groups is 1. The lowest BCUT2D eigenvalue weighted by Gasteiger charge is -2.10. The number of hydrogen-bond acceptors (Lipinski definition) is 4. The number of aromatic nitrogens is 2. The van der Waals surface area contributed by atoms with Gasteiger partial charge in [0.05, 0.1) is 6.21 Å². The van der Waals surface area contributed by atoms with Crippen LogP contribution in [-0.2, 0) is 13.2 Å². The molecule has 0 bridgehead atoms. The van der Waals surface area contributed by atoms with Crippen LogP contribution in [0.5, 0.6) is 5.75 Å². The SMILES string of the molecule is Cc1ccc(C)n1-c1ccc(OCc2ccc(C(=O)N/N=C/c3cn(Cc4ccc(F)cc4)c4ccccc34)o2)cc1. The molecule has 0 saturated carbocycles. The first-order chi connectivity index (χ1) is 20.4. The number of hydrogen-bond donors (Lipinski definition) is 1. The number of para-hydroxylation sites is 1. The number of amides is 1.